The minimum absolute atomic E-state index is 0.434. The van der Waals surface area contributed by atoms with Gasteiger partial charge in [-0.2, -0.15) is 13.2 Å². The summed E-state index contributed by atoms with van der Waals surface area (Å²) in [6.07, 6.45) is -2.96. The molecule has 2 rings (SSSR count). The van der Waals surface area contributed by atoms with Crippen LogP contribution in [0.4, 0.5) is 13.2 Å². The van der Waals surface area contributed by atoms with E-state index >= 15 is 0 Å². The molecule has 2 nitrogen and oxygen atoms in total. The molecule has 0 aliphatic heterocycles. The summed E-state index contributed by atoms with van der Waals surface area (Å²) in [5, 5.41) is 2.95. The number of benzene rings is 1. The molecule has 1 aromatic heterocycles. The SMILES string of the molecule is FC(F)(F)CC(NCCc1ccco1)c1ccccc1. The van der Waals surface area contributed by atoms with E-state index in [1.807, 2.05) is 6.07 Å². The molecular formula is C15H16F3NO. The van der Waals surface area contributed by atoms with Crippen LogP contribution < -0.4 is 5.32 Å². The van der Waals surface area contributed by atoms with Crippen LogP contribution in [-0.4, -0.2) is 12.7 Å². The van der Waals surface area contributed by atoms with Crippen molar-refractivity contribution in [3.8, 4) is 0 Å². The van der Waals surface area contributed by atoms with Crippen molar-refractivity contribution in [2.45, 2.75) is 25.1 Å². The van der Waals surface area contributed by atoms with Crippen LogP contribution in [-0.2, 0) is 6.42 Å². The fourth-order valence-electron chi connectivity index (χ4n) is 2.05. The molecule has 108 valence electrons. The van der Waals surface area contributed by atoms with Crippen LogP contribution in [0.3, 0.4) is 0 Å². The van der Waals surface area contributed by atoms with E-state index in [9.17, 15) is 13.2 Å². The molecule has 0 bridgehead atoms. The second kappa shape index (κ2) is 6.61. The van der Waals surface area contributed by atoms with Gasteiger partial charge in [-0.1, -0.05) is 30.3 Å². The third-order valence-corrected chi connectivity index (χ3v) is 2.98. The molecule has 0 amide bonds. The Kier molecular flexibility index (Phi) is 4.84. The highest BCUT2D eigenvalue weighted by Gasteiger charge is 2.32. The molecule has 0 saturated heterocycles. The second-order valence-electron chi connectivity index (χ2n) is 4.57. The summed E-state index contributed by atoms with van der Waals surface area (Å²) in [6.45, 7) is 0.434. The van der Waals surface area contributed by atoms with Crippen LogP contribution in [0.25, 0.3) is 0 Å². The number of alkyl halides is 3. The van der Waals surface area contributed by atoms with Gasteiger partial charge in [-0.3, -0.25) is 0 Å². The highest BCUT2D eigenvalue weighted by Crippen LogP contribution is 2.29. The van der Waals surface area contributed by atoms with E-state index in [2.05, 4.69) is 5.32 Å². The zero-order valence-electron chi connectivity index (χ0n) is 10.9. The summed E-state index contributed by atoms with van der Waals surface area (Å²) in [4.78, 5) is 0. The van der Waals surface area contributed by atoms with Gasteiger partial charge in [-0.05, 0) is 17.7 Å². The topological polar surface area (TPSA) is 25.2 Å². The molecular weight excluding hydrogens is 267 g/mol. The van der Waals surface area contributed by atoms with Gasteiger partial charge in [0.15, 0.2) is 0 Å². The van der Waals surface area contributed by atoms with Gasteiger partial charge in [0.25, 0.3) is 0 Å². The van der Waals surface area contributed by atoms with Crippen molar-refractivity contribution in [1.29, 1.82) is 0 Å². The number of rotatable bonds is 6. The van der Waals surface area contributed by atoms with E-state index in [0.29, 0.717) is 18.5 Å². The van der Waals surface area contributed by atoms with E-state index < -0.39 is 18.6 Å². The summed E-state index contributed by atoms with van der Waals surface area (Å²) < 4.78 is 43.1. The predicted octanol–water partition coefficient (Wildman–Crippen LogP) is 4.11. The third kappa shape index (κ3) is 4.74. The van der Waals surface area contributed by atoms with Crippen LogP contribution in [0.1, 0.15) is 23.8 Å². The predicted molar refractivity (Wildman–Crippen MR) is 70.3 cm³/mol. The highest BCUT2D eigenvalue weighted by molar-refractivity contribution is 5.19. The Hall–Kier alpha value is -1.75. The Morgan fingerprint density at radius 3 is 2.40 bits per heavy atom. The van der Waals surface area contributed by atoms with E-state index in [1.54, 1.807) is 42.7 Å². The largest absolute Gasteiger partial charge is 0.469 e. The molecule has 0 fully saturated rings. The molecule has 1 atom stereocenters. The second-order valence-corrected chi connectivity index (χ2v) is 4.57. The van der Waals surface area contributed by atoms with Crippen molar-refractivity contribution in [3.63, 3.8) is 0 Å². The smallest absolute Gasteiger partial charge is 0.390 e. The van der Waals surface area contributed by atoms with E-state index in [4.69, 9.17) is 4.42 Å². The molecule has 20 heavy (non-hydrogen) atoms. The summed E-state index contributed by atoms with van der Waals surface area (Å²) in [5.74, 6) is 0.760. The van der Waals surface area contributed by atoms with E-state index in [0.717, 1.165) is 5.76 Å². The zero-order chi connectivity index (χ0) is 14.4. The molecule has 1 heterocycles. The standard InChI is InChI=1S/C15H16F3NO/c16-15(17,18)11-14(12-5-2-1-3-6-12)19-9-8-13-7-4-10-20-13/h1-7,10,14,19H,8-9,11H2. The minimum Gasteiger partial charge on any atom is -0.469 e. The lowest BCUT2D eigenvalue weighted by Gasteiger charge is -2.20. The first-order valence-corrected chi connectivity index (χ1v) is 6.42. The molecule has 1 unspecified atom stereocenters. The highest BCUT2D eigenvalue weighted by atomic mass is 19.4. The van der Waals surface area contributed by atoms with Crippen molar-refractivity contribution in [1.82, 2.24) is 5.32 Å². The molecule has 2 aromatic rings. The molecule has 0 saturated carbocycles. The summed E-state index contributed by atoms with van der Waals surface area (Å²) in [7, 11) is 0. The van der Waals surface area contributed by atoms with Crippen LogP contribution in [0.5, 0.6) is 0 Å². The number of hydrogen-bond acceptors (Lipinski definition) is 2. The van der Waals surface area contributed by atoms with Gasteiger partial charge in [0.2, 0.25) is 0 Å². The fraction of sp³-hybridized carbons (Fsp3) is 0.333. The van der Waals surface area contributed by atoms with Gasteiger partial charge in [-0.15, -0.1) is 0 Å². The molecule has 1 N–H and O–H groups in total. The molecule has 1 aromatic carbocycles. The Labute approximate surface area is 115 Å². The third-order valence-electron chi connectivity index (χ3n) is 2.98. The first kappa shape index (κ1) is 14.7. The van der Waals surface area contributed by atoms with E-state index in [-0.39, 0.29) is 0 Å². The fourth-order valence-corrected chi connectivity index (χ4v) is 2.05. The van der Waals surface area contributed by atoms with Gasteiger partial charge in [-0.25, -0.2) is 0 Å². The van der Waals surface area contributed by atoms with Gasteiger partial charge in [0.1, 0.15) is 5.76 Å². The molecule has 0 radical (unpaired) electrons. The lowest BCUT2D eigenvalue weighted by Crippen LogP contribution is -2.28. The molecule has 5 heteroatoms. The van der Waals surface area contributed by atoms with Crippen molar-refractivity contribution in [2.75, 3.05) is 6.54 Å². The Morgan fingerprint density at radius 2 is 1.80 bits per heavy atom. The van der Waals surface area contributed by atoms with Gasteiger partial charge < -0.3 is 9.73 Å². The van der Waals surface area contributed by atoms with Gasteiger partial charge in [0.05, 0.1) is 12.7 Å². The summed E-state index contributed by atoms with van der Waals surface area (Å²) in [6, 6.07) is 11.5. The van der Waals surface area contributed by atoms with Crippen molar-refractivity contribution < 1.29 is 17.6 Å². The van der Waals surface area contributed by atoms with E-state index in [1.165, 1.54) is 0 Å². The van der Waals surface area contributed by atoms with Gasteiger partial charge >= 0.3 is 6.18 Å². The summed E-state index contributed by atoms with van der Waals surface area (Å²) >= 11 is 0. The monoisotopic (exact) mass is 283 g/mol. The maximum atomic E-state index is 12.6. The number of halogens is 3. The Bertz CT molecular complexity index is 494. The average molecular weight is 283 g/mol. The van der Waals surface area contributed by atoms with Crippen molar-refractivity contribution >= 4 is 0 Å². The van der Waals surface area contributed by atoms with Crippen molar-refractivity contribution in [3.05, 3.63) is 60.1 Å². The first-order chi connectivity index (χ1) is 9.54. The zero-order valence-corrected chi connectivity index (χ0v) is 10.9. The summed E-state index contributed by atoms with van der Waals surface area (Å²) in [5.41, 5.74) is 0.643. The lowest BCUT2D eigenvalue weighted by molar-refractivity contribution is -0.140. The first-order valence-electron chi connectivity index (χ1n) is 6.42. The number of nitrogens with one attached hydrogen (secondary N) is 1. The van der Waals surface area contributed by atoms with Gasteiger partial charge in [0, 0.05) is 19.0 Å². The number of furan rings is 1. The quantitative estimate of drug-likeness (QED) is 0.863. The van der Waals surface area contributed by atoms with Crippen LogP contribution in [0.2, 0.25) is 0 Å². The Morgan fingerprint density at radius 1 is 1.05 bits per heavy atom. The molecule has 0 spiro atoms. The maximum absolute atomic E-state index is 12.6. The average Bonchev–Trinajstić information content (AvgIpc) is 2.90. The van der Waals surface area contributed by atoms with Crippen molar-refractivity contribution in [2.24, 2.45) is 0 Å². The molecule has 0 aliphatic carbocycles. The molecule has 0 aliphatic rings. The van der Waals surface area contributed by atoms with Crippen LogP contribution in [0.15, 0.2) is 53.1 Å². The van der Waals surface area contributed by atoms with Crippen LogP contribution >= 0.6 is 0 Å². The number of hydrogen-bond donors (Lipinski definition) is 1. The van der Waals surface area contributed by atoms with Crippen LogP contribution in [0, 0.1) is 0 Å². The maximum Gasteiger partial charge on any atom is 0.390 e. The lowest BCUT2D eigenvalue weighted by atomic mass is 10.0. The normalized spacial score (nSPS) is 13.3. The Balaban J connectivity index is 1.96. The minimum atomic E-state index is -4.20.